The Kier molecular flexibility index (Phi) is 3.83. The Morgan fingerprint density at radius 3 is 2.31 bits per heavy atom. The minimum atomic E-state index is -0.0641. The maximum Gasteiger partial charge on any atom is 0.0541 e. The average molecular weight is 219 g/mol. The molecule has 0 spiro atoms. The predicted molar refractivity (Wildman–Crippen MR) is 67.7 cm³/mol. The predicted octanol–water partition coefficient (Wildman–Crippen LogP) is 2.82. The van der Waals surface area contributed by atoms with E-state index in [9.17, 15) is 5.11 Å². The lowest BCUT2D eigenvalue weighted by Gasteiger charge is -2.36. The van der Waals surface area contributed by atoms with E-state index in [1.54, 1.807) is 0 Å². The summed E-state index contributed by atoms with van der Waals surface area (Å²) in [5.41, 5.74) is 1.31. The maximum absolute atomic E-state index is 9.53. The van der Waals surface area contributed by atoms with Crippen molar-refractivity contribution in [1.29, 1.82) is 0 Å². The molecule has 2 heteroatoms. The van der Waals surface area contributed by atoms with E-state index in [4.69, 9.17) is 0 Å². The van der Waals surface area contributed by atoms with Crippen LogP contribution in [0.15, 0.2) is 30.3 Å². The Morgan fingerprint density at radius 2 is 1.75 bits per heavy atom. The van der Waals surface area contributed by atoms with Gasteiger partial charge in [0.15, 0.2) is 0 Å². The molecule has 0 aromatic heterocycles. The van der Waals surface area contributed by atoms with Crippen LogP contribution in [-0.4, -0.2) is 23.8 Å². The zero-order chi connectivity index (χ0) is 11.4. The van der Waals surface area contributed by atoms with Gasteiger partial charge in [-0.1, -0.05) is 18.2 Å². The summed E-state index contributed by atoms with van der Waals surface area (Å²) in [7, 11) is 0. The molecule has 16 heavy (non-hydrogen) atoms. The first-order valence-corrected chi connectivity index (χ1v) is 6.31. The third kappa shape index (κ3) is 2.56. The summed E-state index contributed by atoms with van der Waals surface area (Å²) < 4.78 is 0. The Morgan fingerprint density at radius 1 is 1.12 bits per heavy atom. The summed E-state index contributed by atoms with van der Waals surface area (Å²) in [4.78, 5) is 2.46. The van der Waals surface area contributed by atoms with Crippen LogP contribution in [0.25, 0.3) is 0 Å². The fraction of sp³-hybridized carbons (Fsp3) is 0.571. The van der Waals surface area contributed by atoms with Gasteiger partial charge < -0.3 is 10.0 Å². The molecule has 1 aliphatic carbocycles. The third-order valence-electron chi connectivity index (χ3n) is 3.54. The number of nitrogens with zero attached hydrogens (tertiary/aromatic N) is 1. The zero-order valence-corrected chi connectivity index (χ0v) is 9.97. The molecule has 0 unspecified atom stereocenters. The topological polar surface area (TPSA) is 23.5 Å². The molecule has 1 fully saturated rings. The number of benzene rings is 1. The molecule has 0 saturated heterocycles. The first kappa shape index (κ1) is 11.5. The molecule has 0 atom stereocenters. The molecule has 1 aromatic carbocycles. The SMILES string of the molecule is CCN(c1ccccc1)C1CCC(O)CC1. The molecule has 0 heterocycles. The molecule has 2 rings (SSSR count). The second kappa shape index (κ2) is 5.35. The number of rotatable bonds is 3. The van der Waals surface area contributed by atoms with Crippen LogP contribution in [-0.2, 0) is 0 Å². The van der Waals surface area contributed by atoms with Gasteiger partial charge in [-0.2, -0.15) is 0 Å². The third-order valence-corrected chi connectivity index (χ3v) is 3.54. The van der Waals surface area contributed by atoms with E-state index in [1.807, 2.05) is 0 Å². The van der Waals surface area contributed by atoms with Crippen LogP contribution in [0, 0.1) is 0 Å². The van der Waals surface area contributed by atoms with Gasteiger partial charge in [0, 0.05) is 18.3 Å². The van der Waals surface area contributed by atoms with E-state index in [1.165, 1.54) is 5.69 Å². The Bertz CT molecular complexity index is 304. The summed E-state index contributed by atoms with van der Waals surface area (Å²) in [5.74, 6) is 0. The van der Waals surface area contributed by atoms with E-state index in [0.717, 1.165) is 32.2 Å². The molecule has 0 aliphatic heterocycles. The highest BCUT2D eigenvalue weighted by Crippen LogP contribution is 2.27. The first-order chi connectivity index (χ1) is 7.81. The minimum absolute atomic E-state index is 0.0641. The van der Waals surface area contributed by atoms with Crippen LogP contribution in [0.5, 0.6) is 0 Å². The van der Waals surface area contributed by atoms with Crippen LogP contribution in [0.2, 0.25) is 0 Å². The Hall–Kier alpha value is -1.02. The van der Waals surface area contributed by atoms with E-state index in [0.29, 0.717) is 6.04 Å². The van der Waals surface area contributed by atoms with Crippen molar-refractivity contribution in [3.8, 4) is 0 Å². The Balaban J connectivity index is 2.05. The monoisotopic (exact) mass is 219 g/mol. The summed E-state index contributed by atoms with van der Waals surface area (Å²) in [6.07, 6.45) is 4.07. The molecule has 88 valence electrons. The van der Waals surface area contributed by atoms with Crippen molar-refractivity contribution in [2.75, 3.05) is 11.4 Å². The van der Waals surface area contributed by atoms with Crippen molar-refractivity contribution in [2.45, 2.75) is 44.8 Å². The fourth-order valence-electron chi connectivity index (χ4n) is 2.64. The van der Waals surface area contributed by atoms with Crippen LogP contribution in [0.1, 0.15) is 32.6 Å². The van der Waals surface area contributed by atoms with E-state index in [-0.39, 0.29) is 6.10 Å². The second-order valence-corrected chi connectivity index (χ2v) is 4.58. The molecule has 0 amide bonds. The largest absolute Gasteiger partial charge is 0.393 e. The lowest BCUT2D eigenvalue weighted by molar-refractivity contribution is 0.122. The van der Waals surface area contributed by atoms with Crippen molar-refractivity contribution in [1.82, 2.24) is 0 Å². The molecular formula is C14H21NO. The lowest BCUT2D eigenvalue weighted by atomic mass is 9.91. The normalized spacial score (nSPS) is 25.4. The van der Waals surface area contributed by atoms with Gasteiger partial charge in [-0.05, 0) is 44.7 Å². The smallest absolute Gasteiger partial charge is 0.0541 e. The van der Waals surface area contributed by atoms with Gasteiger partial charge >= 0.3 is 0 Å². The number of aliphatic hydroxyl groups is 1. The highest BCUT2D eigenvalue weighted by Gasteiger charge is 2.23. The maximum atomic E-state index is 9.53. The number of anilines is 1. The molecule has 1 aromatic rings. The molecule has 0 bridgehead atoms. The first-order valence-electron chi connectivity index (χ1n) is 6.31. The van der Waals surface area contributed by atoms with Gasteiger partial charge in [-0.3, -0.25) is 0 Å². The average Bonchev–Trinajstić information content (AvgIpc) is 2.34. The molecule has 1 saturated carbocycles. The summed E-state index contributed by atoms with van der Waals surface area (Å²) >= 11 is 0. The summed E-state index contributed by atoms with van der Waals surface area (Å²) in [6, 6.07) is 11.2. The lowest BCUT2D eigenvalue weighted by Crippen LogP contribution is -2.39. The zero-order valence-electron chi connectivity index (χ0n) is 9.97. The highest BCUT2D eigenvalue weighted by molar-refractivity contribution is 5.47. The molecule has 1 aliphatic rings. The summed E-state index contributed by atoms with van der Waals surface area (Å²) in [6.45, 7) is 3.25. The van der Waals surface area contributed by atoms with Crippen molar-refractivity contribution in [3.63, 3.8) is 0 Å². The van der Waals surface area contributed by atoms with Crippen LogP contribution in [0.4, 0.5) is 5.69 Å². The second-order valence-electron chi connectivity index (χ2n) is 4.58. The van der Waals surface area contributed by atoms with Gasteiger partial charge in [0.1, 0.15) is 0 Å². The molecular weight excluding hydrogens is 198 g/mol. The van der Waals surface area contributed by atoms with Gasteiger partial charge in [-0.25, -0.2) is 0 Å². The molecule has 0 radical (unpaired) electrons. The van der Waals surface area contributed by atoms with Crippen LogP contribution < -0.4 is 4.90 Å². The number of hydrogen-bond donors (Lipinski definition) is 1. The number of aliphatic hydroxyl groups excluding tert-OH is 1. The van der Waals surface area contributed by atoms with Crippen molar-refractivity contribution >= 4 is 5.69 Å². The molecule has 1 N–H and O–H groups in total. The van der Waals surface area contributed by atoms with Gasteiger partial charge in [0.05, 0.1) is 6.10 Å². The van der Waals surface area contributed by atoms with Gasteiger partial charge in [-0.15, -0.1) is 0 Å². The van der Waals surface area contributed by atoms with Crippen molar-refractivity contribution in [3.05, 3.63) is 30.3 Å². The fourth-order valence-corrected chi connectivity index (χ4v) is 2.64. The van der Waals surface area contributed by atoms with Gasteiger partial charge in [0.25, 0.3) is 0 Å². The highest BCUT2D eigenvalue weighted by atomic mass is 16.3. The molecule has 2 nitrogen and oxygen atoms in total. The van der Waals surface area contributed by atoms with E-state index < -0.39 is 0 Å². The Labute approximate surface area is 97.9 Å². The minimum Gasteiger partial charge on any atom is -0.393 e. The number of hydrogen-bond acceptors (Lipinski definition) is 2. The van der Waals surface area contributed by atoms with Crippen LogP contribution in [0.3, 0.4) is 0 Å². The quantitative estimate of drug-likeness (QED) is 0.845. The van der Waals surface area contributed by atoms with Crippen molar-refractivity contribution in [2.24, 2.45) is 0 Å². The van der Waals surface area contributed by atoms with Crippen molar-refractivity contribution < 1.29 is 5.11 Å². The number of para-hydroxylation sites is 1. The van der Waals surface area contributed by atoms with E-state index >= 15 is 0 Å². The van der Waals surface area contributed by atoms with Crippen LogP contribution >= 0.6 is 0 Å². The standard InChI is InChI=1S/C14H21NO/c1-2-15(12-6-4-3-5-7-12)13-8-10-14(16)11-9-13/h3-7,13-14,16H,2,8-11H2,1H3. The van der Waals surface area contributed by atoms with E-state index in [2.05, 4.69) is 42.2 Å². The van der Waals surface area contributed by atoms with Gasteiger partial charge in [0.2, 0.25) is 0 Å². The summed E-state index contributed by atoms with van der Waals surface area (Å²) in [5, 5.41) is 9.53.